The summed E-state index contributed by atoms with van der Waals surface area (Å²) < 4.78 is 1.31. The maximum absolute atomic E-state index is 12.0. The van der Waals surface area contributed by atoms with Crippen LogP contribution in [0.2, 0.25) is 0 Å². The Morgan fingerprint density at radius 2 is 2.06 bits per heavy atom. The van der Waals surface area contributed by atoms with E-state index in [1.165, 1.54) is 10.7 Å². The van der Waals surface area contributed by atoms with Crippen molar-refractivity contribution in [1.29, 1.82) is 0 Å². The molecule has 0 saturated carbocycles. The summed E-state index contributed by atoms with van der Waals surface area (Å²) in [6, 6.07) is 9.55. The molecular weight excluding hydrogens is 230 g/mol. The lowest BCUT2D eigenvalue weighted by molar-refractivity contribution is 0.861. The summed E-state index contributed by atoms with van der Waals surface area (Å²) in [4.78, 5) is 20.4. The van der Waals surface area contributed by atoms with E-state index in [-0.39, 0.29) is 12.1 Å². The molecule has 0 saturated heterocycles. The van der Waals surface area contributed by atoms with Gasteiger partial charge in [-0.2, -0.15) is 9.50 Å². The smallest absolute Gasteiger partial charge is 0.278 e. The number of aromatic amines is 1. The van der Waals surface area contributed by atoms with Crippen LogP contribution < -0.4 is 11.3 Å². The van der Waals surface area contributed by atoms with Gasteiger partial charge in [0.1, 0.15) is 0 Å². The van der Waals surface area contributed by atoms with Crippen LogP contribution in [0.5, 0.6) is 0 Å². The lowest BCUT2D eigenvalue weighted by atomic mass is 10.2. The molecule has 3 N–H and O–H groups in total. The van der Waals surface area contributed by atoms with E-state index in [0.717, 1.165) is 5.56 Å². The van der Waals surface area contributed by atoms with Gasteiger partial charge in [-0.25, -0.2) is 4.98 Å². The number of nitrogens with two attached hydrogens (primary N) is 1. The number of H-pyrrole nitrogens is 1. The number of hydrogen-bond acceptors (Lipinski definition) is 4. The summed E-state index contributed by atoms with van der Waals surface area (Å²) in [5.74, 6) is 0.949. The van der Waals surface area contributed by atoms with Crippen molar-refractivity contribution >= 4 is 5.78 Å². The maximum Gasteiger partial charge on any atom is 0.278 e. The van der Waals surface area contributed by atoms with Gasteiger partial charge in [-0.3, -0.25) is 9.89 Å². The molecule has 0 aliphatic heterocycles. The lowest BCUT2D eigenvalue weighted by Crippen LogP contribution is -2.21. The van der Waals surface area contributed by atoms with Crippen molar-refractivity contribution in [2.75, 3.05) is 0 Å². The zero-order valence-electron chi connectivity index (χ0n) is 9.50. The minimum atomic E-state index is -0.211. The highest BCUT2D eigenvalue weighted by Crippen LogP contribution is 2.13. The highest BCUT2D eigenvalue weighted by Gasteiger charge is 2.09. The SMILES string of the molecule is NCc1cnc2nc(-c3ccccc3)[nH]n2c1=O. The van der Waals surface area contributed by atoms with Gasteiger partial charge in [0, 0.05) is 18.3 Å². The van der Waals surface area contributed by atoms with E-state index in [0.29, 0.717) is 17.2 Å². The number of benzene rings is 1. The van der Waals surface area contributed by atoms with Crippen molar-refractivity contribution in [3.63, 3.8) is 0 Å². The molecule has 0 aliphatic rings. The van der Waals surface area contributed by atoms with Crippen molar-refractivity contribution in [3.05, 3.63) is 52.4 Å². The molecule has 3 aromatic rings. The van der Waals surface area contributed by atoms with Crippen molar-refractivity contribution < 1.29 is 0 Å². The topological polar surface area (TPSA) is 89.1 Å². The van der Waals surface area contributed by atoms with Crippen molar-refractivity contribution in [2.24, 2.45) is 5.73 Å². The van der Waals surface area contributed by atoms with E-state index in [4.69, 9.17) is 5.73 Å². The van der Waals surface area contributed by atoms with Gasteiger partial charge in [-0.1, -0.05) is 30.3 Å². The van der Waals surface area contributed by atoms with Gasteiger partial charge < -0.3 is 5.73 Å². The number of aromatic nitrogens is 4. The molecule has 18 heavy (non-hydrogen) atoms. The average Bonchev–Trinajstić information content (AvgIpc) is 2.85. The lowest BCUT2D eigenvalue weighted by Gasteiger charge is -1.95. The maximum atomic E-state index is 12.0. The monoisotopic (exact) mass is 241 g/mol. The van der Waals surface area contributed by atoms with Crippen LogP contribution in [-0.2, 0) is 6.54 Å². The standard InChI is InChI=1S/C12H11N5O/c13-6-9-7-14-12-15-10(16-17(12)11(9)18)8-4-2-1-3-5-8/h1-5,7H,6,13H2,(H,14,15,16). The van der Waals surface area contributed by atoms with E-state index in [1.807, 2.05) is 30.3 Å². The third kappa shape index (κ3) is 1.59. The predicted octanol–water partition coefficient (Wildman–Crippen LogP) is 0.543. The minimum Gasteiger partial charge on any atom is -0.326 e. The summed E-state index contributed by atoms with van der Waals surface area (Å²) >= 11 is 0. The fourth-order valence-corrected chi connectivity index (χ4v) is 1.76. The fourth-order valence-electron chi connectivity index (χ4n) is 1.76. The first-order chi connectivity index (χ1) is 8.79. The van der Waals surface area contributed by atoms with E-state index in [2.05, 4.69) is 15.1 Å². The molecule has 0 amide bonds. The molecule has 2 heterocycles. The number of rotatable bonds is 2. The first-order valence-electron chi connectivity index (χ1n) is 5.52. The van der Waals surface area contributed by atoms with Gasteiger partial charge >= 0.3 is 0 Å². The molecular formula is C12H11N5O. The van der Waals surface area contributed by atoms with Crippen LogP contribution in [0, 0.1) is 0 Å². The molecule has 0 fully saturated rings. The van der Waals surface area contributed by atoms with E-state index in [1.54, 1.807) is 0 Å². The molecule has 0 aliphatic carbocycles. The van der Waals surface area contributed by atoms with Gasteiger partial charge in [-0.05, 0) is 0 Å². The molecule has 6 heteroatoms. The summed E-state index contributed by atoms with van der Waals surface area (Å²) in [6.07, 6.45) is 1.47. The van der Waals surface area contributed by atoms with Crippen LogP contribution in [-0.4, -0.2) is 19.6 Å². The Bertz CT molecular complexity index is 744. The first-order valence-corrected chi connectivity index (χ1v) is 5.52. The highest BCUT2D eigenvalue weighted by atomic mass is 16.1. The van der Waals surface area contributed by atoms with Crippen LogP contribution in [0.3, 0.4) is 0 Å². The Balaban J connectivity index is 2.24. The number of hydrogen-bond donors (Lipinski definition) is 2. The van der Waals surface area contributed by atoms with Gasteiger partial charge in [0.2, 0.25) is 0 Å². The summed E-state index contributed by atoms with van der Waals surface area (Å²) in [5, 5.41) is 2.93. The second kappa shape index (κ2) is 4.08. The largest absolute Gasteiger partial charge is 0.326 e. The van der Waals surface area contributed by atoms with E-state index < -0.39 is 0 Å². The van der Waals surface area contributed by atoms with Crippen LogP contribution >= 0.6 is 0 Å². The Kier molecular flexibility index (Phi) is 2.42. The molecule has 0 unspecified atom stereocenters. The minimum absolute atomic E-state index is 0.161. The molecule has 0 spiro atoms. The molecule has 3 rings (SSSR count). The second-order valence-corrected chi connectivity index (χ2v) is 3.87. The summed E-state index contributed by atoms with van der Waals surface area (Å²) in [7, 11) is 0. The second-order valence-electron chi connectivity index (χ2n) is 3.87. The third-order valence-corrected chi connectivity index (χ3v) is 2.71. The molecule has 0 bridgehead atoms. The molecule has 1 aromatic carbocycles. The summed E-state index contributed by atoms with van der Waals surface area (Å²) in [5.41, 5.74) is 6.62. The Morgan fingerprint density at radius 1 is 1.28 bits per heavy atom. The molecule has 0 atom stereocenters. The number of nitrogens with zero attached hydrogens (tertiary/aromatic N) is 3. The summed E-state index contributed by atoms with van der Waals surface area (Å²) in [6.45, 7) is 0.161. The number of fused-ring (bicyclic) bond motifs is 1. The van der Waals surface area contributed by atoms with Crippen LogP contribution in [0.15, 0.2) is 41.3 Å². The highest BCUT2D eigenvalue weighted by molar-refractivity contribution is 5.56. The average molecular weight is 241 g/mol. The third-order valence-electron chi connectivity index (χ3n) is 2.71. The van der Waals surface area contributed by atoms with Crippen LogP contribution in [0.1, 0.15) is 5.56 Å². The van der Waals surface area contributed by atoms with Gasteiger partial charge in [-0.15, -0.1) is 0 Å². The van der Waals surface area contributed by atoms with Crippen molar-refractivity contribution in [2.45, 2.75) is 6.54 Å². The number of nitrogens with one attached hydrogen (secondary N) is 1. The van der Waals surface area contributed by atoms with Gasteiger partial charge in [0.25, 0.3) is 11.3 Å². The van der Waals surface area contributed by atoms with Crippen molar-refractivity contribution in [1.82, 2.24) is 19.6 Å². The Morgan fingerprint density at radius 3 is 2.78 bits per heavy atom. The molecule has 0 radical (unpaired) electrons. The fraction of sp³-hybridized carbons (Fsp3) is 0.0833. The Hall–Kier alpha value is -2.47. The normalized spacial score (nSPS) is 10.9. The zero-order valence-corrected chi connectivity index (χ0v) is 9.50. The first kappa shape index (κ1) is 10.7. The molecule has 6 nitrogen and oxygen atoms in total. The van der Waals surface area contributed by atoms with Crippen molar-refractivity contribution in [3.8, 4) is 11.4 Å². The quantitative estimate of drug-likeness (QED) is 0.685. The molecule has 2 aromatic heterocycles. The zero-order chi connectivity index (χ0) is 12.5. The van der Waals surface area contributed by atoms with Crippen LogP contribution in [0.25, 0.3) is 17.2 Å². The molecule has 90 valence electrons. The van der Waals surface area contributed by atoms with Crippen LogP contribution in [0.4, 0.5) is 0 Å². The van der Waals surface area contributed by atoms with E-state index >= 15 is 0 Å². The Labute approximate surface area is 102 Å². The van der Waals surface area contributed by atoms with E-state index in [9.17, 15) is 4.79 Å². The predicted molar refractivity (Wildman–Crippen MR) is 66.9 cm³/mol. The van der Waals surface area contributed by atoms with Gasteiger partial charge in [0.15, 0.2) is 5.82 Å². The van der Waals surface area contributed by atoms with Gasteiger partial charge in [0.05, 0.1) is 5.56 Å².